The van der Waals surface area contributed by atoms with E-state index in [0.717, 1.165) is 48.7 Å². The van der Waals surface area contributed by atoms with Crippen molar-refractivity contribution in [3.8, 4) is 17.0 Å². The maximum absolute atomic E-state index is 12.9. The number of anilines is 2. The van der Waals surface area contributed by atoms with Gasteiger partial charge in [0.2, 0.25) is 0 Å². The molecule has 5 rings (SSSR count). The Kier molecular flexibility index (Phi) is 5.16. The Morgan fingerprint density at radius 1 is 1.12 bits per heavy atom. The van der Waals surface area contributed by atoms with Crippen LogP contribution in [0.3, 0.4) is 0 Å². The van der Waals surface area contributed by atoms with Crippen molar-refractivity contribution in [2.45, 2.75) is 18.7 Å². The highest BCUT2D eigenvalue weighted by molar-refractivity contribution is 5.72. The van der Waals surface area contributed by atoms with Gasteiger partial charge < -0.3 is 15.0 Å². The molecule has 0 radical (unpaired) electrons. The van der Waals surface area contributed by atoms with Crippen LogP contribution >= 0.6 is 0 Å². The Labute approximate surface area is 186 Å². The Bertz CT molecular complexity index is 1300. The summed E-state index contributed by atoms with van der Waals surface area (Å²) in [5.41, 5.74) is 1.45. The van der Waals surface area contributed by atoms with Crippen LogP contribution in [0.2, 0.25) is 0 Å². The second-order valence-electron chi connectivity index (χ2n) is 8.00. The second kappa shape index (κ2) is 8.03. The third-order valence-electron chi connectivity index (χ3n) is 5.50. The lowest BCUT2D eigenvalue weighted by molar-refractivity contribution is -0.141. The van der Waals surface area contributed by atoms with Crippen molar-refractivity contribution in [3.05, 3.63) is 48.7 Å². The number of hydrogen-bond acceptors (Lipinski definition) is 7. The summed E-state index contributed by atoms with van der Waals surface area (Å²) in [6.45, 7) is 1.86. The zero-order valence-corrected chi connectivity index (χ0v) is 17.9. The summed E-state index contributed by atoms with van der Waals surface area (Å²) in [4.78, 5) is 9.34. The van der Waals surface area contributed by atoms with E-state index in [2.05, 4.69) is 37.4 Å². The van der Waals surface area contributed by atoms with Crippen LogP contribution in [0, 0.1) is 0 Å². The molecule has 1 aliphatic rings. The molecule has 0 spiro atoms. The fourth-order valence-electron chi connectivity index (χ4n) is 3.92. The fourth-order valence-corrected chi connectivity index (χ4v) is 3.92. The molecule has 5 heterocycles. The molecule has 1 N–H and O–H groups in total. The van der Waals surface area contributed by atoms with Gasteiger partial charge in [-0.25, -0.2) is 14.5 Å². The highest BCUT2D eigenvalue weighted by atomic mass is 19.4. The average Bonchev–Trinajstić information content (AvgIpc) is 3.45. The average molecular weight is 458 g/mol. The molecule has 4 aromatic heterocycles. The van der Waals surface area contributed by atoms with Crippen molar-refractivity contribution < 1.29 is 17.9 Å². The van der Waals surface area contributed by atoms with Crippen LogP contribution in [-0.4, -0.2) is 60.5 Å². The summed E-state index contributed by atoms with van der Waals surface area (Å²) in [5.74, 6) is 1.07. The van der Waals surface area contributed by atoms with E-state index in [1.165, 1.54) is 0 Å². The van der Waals surface area contributed by atoms with Crippen LogP contribution < -0.4 is 10.1 Å². The first-order valence-corrected chi connectivity index (χ1v) is 10.3. The number of likely N-dealkylation sites (tertiary alicyclic amines) is 1. The number of likely N-dealkylation sites (N-methyl/N-ethyl adjacent to an activating group) is 1. The smallest absolute Gasteiger partial charge is 0.433 e. The van der Waals surface area contributed by atoms with Crippen molar-refractivity contribution in [1.82, 2.24) is 34.3 Å². The van der Waals surface area contributed by atoms with Crippen LogP contribution in [0.15, 0.2) is 43.0 Å². The Hall–Kier alpha value is -3.67. The van der Waals surface area contributed by atoms with Gasteiger partial charge in [0.15, 0.2) is 11.6 Å². The molecule has 33 heavy (non-hydrogen) atoms. The number of hydrogen-bond donors (Lipinski definition) is 1. The van der Waals surface area contributed by atoms with Crippen molar-refractivity contribution in [1.29, 1.82) is 0 Å². The summed E-state index contributed by atoms with van der Waals surface area (Å²) < 4.78 is 48.3. The zero-order chi connectivity index (χ0) is 23.2. The zero-order valence-electron chi connectivity index (χ0n) is 17.9. The second-order valence-corrected chi connectivity index (χ2v) is 8.00. The molecule has 1 aliphatic heterocycles. The maximum Gasteiger partial charge on any atom is 0.433 e. The lowest BCUT2D eigenvalue weighted by atomic mass is 10.1. The lowest BCUT2D eigenvalue weighted by Gasteiger charge is -2.14. The third-order valence-corrected chi connectivity index (χ3v) is 5.50. The van der Waals surface area contributed by atoms with Crippen LogP contribution in [0.25, 0.3) is 16.8 Å². The molecule has 1 atom stereocenters. The summed E-state index contributed by atoms with van der Waals surface area (Å²) >= 11 is 0. The summed E-state index contributed by atoms with van der Waals surface area (Å²) in [6.07, 6.45) is 0.878. The Balaban J connectivity index is 1.41. The molecular formula is C21H21F3N8O. The third kappa shape index (κ3) is 4.33. The molecule has 0 aliphatic carbocycles. The number of ether oxygens (including phenoxy) is 1. The highest BCUT2D eigenvalue weighted by Crippen LogP contribution is 2.33. The van der Waals surface area contributed by atoms with E-state index in [1.807, 2.05) is 19.2 Å². The molecule has 0 bridgehead atoms. The number of nitrogens with one attached hydrogen (secondary N) is 1. The van der Waals surface area contributed by atoms with Gasteiger partial charge in [0.1, 0.15) is 29.6 Å². The van der Waals surface area contributed by atoms with Gasteiger partial charge in [0, 0.05) is 44.0 Å². The summed E-state index contributed by atoms with van der Waals surface area (Å²) in [6, 6.07) is 6.38. The van der Waals surface area contributed by atoms with Gasteiger partial charge in [-0.15, -0.1) is 0 Å². The fraction of sp³-hybridized carbons (Fsp3) is 0.333. The SMILES string of the molecule is CN1CC[C@H](Oc2cnn(C)c2-c2ccn3nc(Nc4cc(C(F)(F)F)ncn4)cc3c2)C1. The molecule has 0 saturated carbocycles. The minimum Gasteiger partial charge on any atom is -0.485 e. The van der Waals surface area contributed by atoms with Crippen LogP contribution in [0.5, 0.6) is 5.75 Å². The molecule has 9 nitrogen and oxygen atoms in total. The molecule has 0 aromatic carbocycles. The normalized spacial score (nSPS) is 17.1. The molecule has 1 saturated heterocycles. The van der Waals surface area contributed by atoms with E-state index < -0.39 is 11.9 Å². The largest absolute Gasteiger partial charge is 0.485 e. The van der Waals surface area contributed by atoms with Crippen molar-refractivity contribution in [3.63, 3.8) is 0 Å². The van der Waals surface area contributed by atoms with Crippen molar-refractivity contribution in [2.24, 2.45) is 7.05 Å². The first-order valence-electron chi connectivity index (χ1n) is 10.3. The number of fused-ring (bicyclic) bond motifs is 1. The topological polar surface area (TPSA) is 85.4 Å². The van der Waals surface area contributed by atoms with Gasteiger partial charge in [-0.2, -0.15) is 23.4 Å². The van der Waals surface area contributed by atoms with Crippen molar-refractivity contribution >= 4 is 17.2 Å². The van der Waals surface area contributed by atoms with E-state index in [9.17, 15) is 13.2 Å². The van der Waals surface area contributed by atoms with E-state index >= 15 is 0 Å². The van der Waals surface area contributed by atoms with Gasteiger partial charge in [0.25, 0.3) is 0 Å². The molecule has 4 aromatic rings. The van der Waals surface area contributed by atoms with E-state index in [4.69, 9.17) is 4.74 Å². The van der Waals surface area contributed by atoms with Crippen molar-refractivity contribution in [2.75, 3.05) is 25.5 Å². The lowest BCUT2D eigenvalue weighted by Crippen LogP contribution is -2.21. The number of pyridine rings is 1. The minimum atomic E-state index is -4.55. The van der Waals surface area contributed by atoms with Crippen LogP contribution in [-0.2, 0) is 13.2 Å². The number of aryl methyl sites for hydroxylation is 1. The van der Waals surface area contributed by atoms with Crippen LogP contribution in [0.1, 0.15) is 12.1 Å². The Morgan fingerprint density at radius 2 is 1.97 bits per heavy atom. The molecule has 0 unspecified atom stereocenters. The van der Waals surface area contributed by atoms with Gasteiger partial charge in [-0.1, -0.05) is 0 Å². The van der Waals surface area contributed by atoms with E-state index in [-0.39, 0.29) is 11.9 Å². The van der Waals surface area contributed by atoms with Gasteiger partial charge in [-0.05, 0) is 25.6 Å². The summed E-state index contributed by atoms with van der Waals surface area (Å²) in [7, 11) is 3.92. The number of aromatic nitrogens is 6. The molecule has 1 fully saturated rings. The quantitative estimate of drug-likeness (QED) is 0.491. The molecular weight excluding hydrogens is 437 g/mol. The number of halogens is 3. The van der Waals surface area contributed by atoms with E-state index in [1.54, 1.807) is 27.7 Å². The minimum absolute atomic E-state index is 0.00445. The molecule has 0 amide bonds. The number of nitrogens with zero attached hydrogens (tertiary/aromatic N) is 7. The monoisotopic (exact) mass is 458 g/mol. The van der Waals surface area contributed by atoms with Gasteiger partial charge in [0.05, 0.1) is 11.7 Å². The number of alkyl halides is 3. The van der Waals surface area contributed by atoms with Gasteiger partial charge in [-0.3, -0.25) is 4.68 Å². The molecule has 172 valence electrons. The van der Waals surface area contributed by atoms with E-state index in [0.29, 0.717) is 11.6 Å². The summed E-state index contributed by atoms with van der Waals surface area (Å²) in [5, 5.41) is 11.5. The number of rotatable bonds is 5. The highest BCUT2D eigenvalue weighted by Gasteiger charge is 2.33. The first-order chi connectivity index (χ1) is 15.8. The standard InChI is InChI=1S/C21H21F3N8O/c1-30-5-4-15(11-30)33-16-10-27-31(2)20(16)13-3-6-32-14(7-13)8-19(29-32)28-18-9-17(21(22,23)24)25-12-26-18/h3,6-10,12,15H,4-5,11H2,1-2H3,(H,25,26,28,29)/t15-/m0/s1. The first kappa shape index (κ1) is 21.2. The maximum atomic E-state index is 12.9. The predicted molar refractivity (Wildman–Crippen MR) is 114 cm³/mol. The predicted octanol–water partition coefficient (Wildman–Crippen LogP) is 3.37. The molecule has 12 heteroatoms. The Morgan fingerprint density at radius 3 is 2.73 bits per heavy atom. The van der Waals surface area contributed by atoms with Crippen LogP contribution in [0.4, 0.5) is 24.8 Å². The van der Waals surface area contributed by atoms with Gasteiger partial charge >= 0.3 is 6.18 Å².